The van der Waals surface area contributed by atoms with Crippen LogP contribution in [0.5, 0.6) is 11.5 Å². The second kappa shape index (κ2) is 6.78. The molecule has 0 unspecified atom stereocenters. The Balaban J connectivity index is 1.65. The second-order valence-electron chi connectivity index (χ2n) is 5.11. The monoisotopic (exact) mass is 292 g/mol. The number of rotatable bonds is 4. The van der Waals surface area contributed by atoms with Gasteiger partial charge in [0.25, 0.3) is 0 Å². The third-order valence-electron chi connectivity index (χ3n) is 3.76. The zero-order chi connectivity index (χ0) is 14.5. The van der Waals surface area contributed by atoms with Crippen LogP contribution in [0.1, 0.15) is 12.0 Å². The first-order valence-corrected chi connectivity index (χ1v) is 7.28. The van der Waals surface area contributed by atoms with Crippen LogP contribution in [0.25, 0.3) is 0 Å². The van der Waals surface area contributed by atoms with Gasteiger partial charge < -0.3 is 19.4 Å². The molecule has 0 bridgehead atoms. The molecule has 2 aliphatic heterocycles. The summed E-state index contributed by atoms with van der Waals surface area (Å²) in [7, 11) is 0. The molecule has 1 aromatic carbocycles. The molecule has 0 atom stereocenters. The van der Waals surface area contributed by atoms with E-state index in [-0.39, 0.29) is 0 Å². The molecule has 6 nitrogen and oxygen atoms in total. The maximum Gasteiger partial charge on any atom is 0.162 e. The molecule has 0 radical (unpaired) electrons. The van der Waals surface area contributed by atoms with Crippen LogP contribution < -0.4 is 9.47 Å². The molecule has 1 saturated heterocycles. The largest absolute Gasteiger partial charge is 0.486 e. The maximum absolute atomic E-state index is 9.29. The molecule has 0 saturated carbocycles. The standard InChI is InChI=1S/C15H20N2O4/c18-16-13(3-4-17-5-7-19-8-6-17)12-1-2-14-15(11-12)21-10-9-20-14/h1-2,11,18H,3-10H2/b16-13-. The molecule has 21 heavy (non-hydrogen) atoms. The fraction of sp³-hybridized carbons (Fsp3) is 0.533. The minimum Gasteiger partial charge on any atom is -0.486 e. The van der Waals surface area contributed by atoms with E-state index in [1.165, 1.54) is 0 Å². The van der Waals surface area contributed by atoms with E-state index in [4.69, 9.17) is 14.2 Å². The quantitative estimate of drug-likeness (QED) is 0.516. The molecule has 0 spiro atoms. The molecule has 0 amide bonds. The van der Waals surface area contributed by atoms with E-state index < -0.39 is 0 Å². The second-order valence-corrected chi connectivity index (χ2v) is 5.11. The fourth-order valence-electron chi connectivity index (χ4n) is 2.56. The van der Waals surface area contributed by atoms with Crippen LogP contribution in [0.15, 0.2) is 23.4 Å². The molecule has 1 fully saturated rings. The lowest BCUT2D eigenvalue weighted by atomic mass is 10.1. The molecular formula is C15H20N2O4. The number of oxime groups is 1. The Morgan fingerprint density at radius 1 is 1.10 bits per heavy atom. The molecule has 3 rings (SSSR count). The van der Waals surface area contributed by atoms with Crippen LogP contribution in [0.3, 0.4) is 0 Å². The van der Waals surface area contributed by atoms with Gasteiger partial charge in [-0.3, -0.25) is 4.90 Å². The van der Waals surface area contributed by atoms with E-state index in [0.717, 1.165) is 44.2 Å². The molecule has 114 valence electrons. The van der Waals surface area contributed by atoms with E-state index in [1.54, 1.807) is 0 Å². The fourth-order valence-corrected chi connectivity index (χ4v) is 2.56. The maximum atomic E-state index is 9.29. The van der Waals surface area contributed by atoms with Gasteiger partial charge in [-0.1, -0.05) is 5.16 Å². The normalized spacial score (nSPS) is 19.5. The van der Waals surface area contributed by atoms with E-state index in [1.807, 2.05) is 18.2 Å². The van der Waals surface area contributed by atoms with Crippen LogP contribution in [-0.4, -0.2) is 61.9 Å². The van der Waals surface area contributed by atoms with Crippen molar-refractivity contribution in [3.05, 3.63) is 23.8 Å². The lowest BCUT2D eigenvalue weighted by Crippen LogP contribution is -2.37. The van der Waals surface area contributed by atoms with E-state index in [9.17, 15) is 5.21 Å². The molecule has 0 aromatic heterocycles. The average Bonchev–Trinajstić information content (AvgIpc) is 2.56. The van der Waals surface area contributed by atoms with Crippen molar-refractivity contribution >= 4 is 5.71 Å². The summed E-state index contributed by atoms with van der Waals surface area (Å²) in [6.07, 6.45) is 0.691. The zero-order valence-corrected chi connectivity index (χ0v) is 12.0. The highest BCUT2D eigenvalue weighted by Crippen LogP contribution is 2.31. The first kappa shape index (κ1) is 14.2. The summed E-state index contributed by atoms with van der Waals surface area (Å²) in [5.74, 6) is 1.46. The highest BCUT2D eigenvalue weighted by atomic mass is 16.6. The predicted molar refractivity (Wildman–Crippen MR) is 77.6 cm³/mol. The summed E-state index contributed by atoms with van der Waals surface area (Å²) in [5.41, 5.74) is 1.54. The molecular weight excluding hydrogens is 272 g/mol. The van der Waals surface area contributed by atoms with Crippen molar-refractivity contribution in [3.8, 4) is 11.5 Å². The lowest BCUT2D eigenvalue weighted by Gasteiger charge is -2.26. The molecule has 2 heterocycles. The Labute approximate surface area is 123 Å². The van der Waals surface area contributed by atoms with E-state index in [0.29, 0.717) is 31.1 Å². The summed E-state index contributed by atoms with van der Waals surface area (Å²) < 4.78 is 16.4. The highest BCUT2D eigenvalue weighted by Gasteiger charge is 2.16. The topological polar surface area (TPSA) is 63.5 Å². The van der Waals surface area contributed by atoms with Crippen LogP contribution in [-0.2, 0) is 4.74 Å². The number of benzene rings is 1. The molecule has 1 N–H and O–H groups in total. The molecule has 2 aliphatic rings. The molecule has 0 aliphatic carbocycles. The average molecular weight is 292 g/mol. The number of hydrogen-bond donors (Lipinski definition) is 1. The van der Waals surface area contributed by atoms with E-state index >= 15 is 0 Å². The van der Waals surface area contributed by atoms with Crippen molar-refractivity contribution in [1.29, 1.82) is 0 Å². The Morgan fingerprint density at radius 2 is 1.86 bits per heavy atom. The van der Waals surface area contributed by atoms with Crippen molar-refractivity contribution in [1.82, 2.24) is 4.90 Å². The van der Waals surface area contributed by atoms with Crippen LogP contribution >= 0.6 is 0 Å². The Bertz CT molecular complexity index is 512. The Kier molecular flexibility index (Phi) is 4.57. The first-order chi connectivity index (χ1) is 10.4. The SMILES string of the molecule is O/N=C(/CCN1CCOCC1)c1ccc2c(c1)OCCO2. The summed E-state index contributed by atoms with van der Waals surface area (Å²) in [5, 5.41) is 12.7. The Hall–Kier alpha value is -1.79. The number of fused-ring (bicyclic) bond motifs is 1. The van der Waals surface area contributed by atoms with Gasteiger partial charge in [0.2, 0.25) is 0 Å². The number of ether oxygens (including phenoxy) is 3. The summed E-state index contributed by atoms with van der Waals surface area (Å²) in [6, 6.07) is 5.65. The van der Waals surface area contributed by atoms with Gasteiger partial charge in [0, 0.05) is 31.6 Å². The van der Waals surface area contributed by atoms with Crippen LogP contribution in [0, 0.1) is 0 Å². The minimum absolute atomic E-state index is 0.551. The van der Waals surface area contributed by atoms with E-state index in [2.05, 4.69) is 10.1 Å². The predicted octanol–water partition coefficient (Wildman–Crippen LogP) is 1.36. The molecule has 6 heteroatoms. The smallest absolute Gasteiger partial charge is 0.162 e. The van der Waals surface area contributed by atoms with Gasteiger partial charge in [0.1, 0.15) is 13.2 Å². The summed E-state index contributed by atoms with van der Waals surface area (Å²) >= 11 is 0. The van der Waals surface area contributed by atoms with Gasteiger partial charge in [-0.05, 0) is 18.2 Å². The van der Waals surface area contributed by atoms with Crippen molar-refractivity contribution in [2.75, 3.05) is 46.1 Å². The lowest BCUT2D eigenvalue weighted by molar-refractivity contribution is 0.0391. The van der Waals surface area contributed by atoms with Gasteiger partial charge >= 0.3 is 0 Å². The van der Waals surface area contributed by atoms with Crippen molar-refractivity contribution < 1.29 is 19.4 Å². The summed E-state index contributed by atoms with van der Waals surface area (Å²) in [6.45, 7) is 5.39. The number of morpholine rings is 1. The third-order valence-corrected chi connectivity index (χ3v) is 3.76. The zero-order valence-electron chi connectivity index (χ0n) is 12.0. The number of hydrogen-bond acceptors (Lipinski definition) is 6. The van der Waals surface area contributed by atoms with Gasteiger partial charge in [0.15, 0.2) is 11.5 Å². The molecule has 1 aromatic rings. The minimum atomic E-state index is 0.551. The van der Waals surface area contributed by atoms with Crippen molar-refractivity contribution in [2.24, 2.45) is 5.16 Å². The highest BCUT2D eigenvalue weighted by molar-refractivity contribution is 6.00. The van der Waals surface area contributed by atoms with Gasteiger partial charge in [-0.25, -0.2) is 0 Å². The van der Waals surface area contributed by atoms with Gasteiger partial charge in [0.05, 0.1) is 18.9 Å². The number of nitrogens with zero attached hydrogens (tertiary/aromatic N) is 2. The van der Waals surface area contributed by atoms with Crippen molar-refractivity contribution in [3.63, 3.8) is 0 Å². The Morgan fingerprint density at radius 3 is 2.62 bits per heavy atom. The van der Waals surface area contributed by atoms with Crippen LogP contribution in [0.4, 0.5) is 0 Å². The van der Waals surface area contributed by atoms with Gasteiger partial charge in [-0.2, -0.15) is 0 Å². The van der Waals surface area contributed by atoms with Crippen LogP contribution in [0.2, 0.25) is 0 Å². The van der Waals surface area contributed by atoms with Crippen molar-refractivity contribution in [2.45, 2.75) is 6.42 Å². The van der Waals surface area contributed by atoms with Gasteiger partial charge in [-0.15, -0.1) is 0 Å². The first-order valence-electron chi connectivity index (χ1n) is 7.28. The third kappa shape index (κ3) is 3.46. The summed E-state index contributed by atoms with van der Waals surface area (Å²) in [4.78, 5) is 2.31.